The van der Waals surface area contributed by atoms with Crippen molar-refractivity contribution in [2.24, 2.45) is 0 Å². The number of hydrogen-bond acceptors (Lipinski definition) is 7. The predicted molar refractivity (Wildman–Crippen MR) is 102 cm³/mol. The lowest BCUT2D eigenvalue weighted by molar-refractivity contribution is -0.148. The first kappa shape index (κ1) is 21.8. The number of ether oxygens (including phenoxy) is 3. The Morgan fingerprint density at radius 3 is 2.43 bits per heavy atom. The monoisotopic (exact) mass is 390 g/mol. The third kappa shape index (κ3) is 6.31. The van der Waals surface area contributed by atoms with E-state index in [4.69, 9.17) is 19.3 Å². The summed E-state index contributed by atoms with van der Waals surface area (Å²) in [6.07, 6.45) is -2.24. The zero-order valence-electron chi connectivity index (χ0n) is 15.7. The molecule has 3 atom stereocenters. The molecule has 1 fully saturated rings. The minimum atomic E-state index is -1.05. The van der Waals surface area contributed by atoms with Gasteiger partial charge < -0.3 is 29.5 Å². The Hall–Kier alpha value is -2.45. The van der Waals surface area contributed by atoms with Crippen molar-refractivity contribution in [3.8, 4) is 5.75 Å². The average Bonchev–Trinajstić information content (AvgIpc) is 2.75. The van der Waals surface area contributed by atoms with Crippen molar-refractivity contribution in [3.05, 3.63) is 65.7 Å². The molecule has 3 rings (SSSR count). The zero-order valence-corrected chi connectivity index (χ0v) is 15.7. The summed E-state index contributed by atoms with van der Waals surface area (Å²) in [4.78, 5) is 12.1. The molecule has 0 radical (unpaired) electrons. The van der Waals surface area contributed by atoms with E-state index in [9.17, 15) is 15.0 Å². The van der Waals surface area contributed by atoms with Gasteiger partial charge in [0.05, 0.1) is 11.7 Å². The van der Waals surface area contributed by atoms with Crippen LogP contribution in [0.3, 0.4) is 0 Å². The molecule has 0 spiro atoms. The van der Waals surface area contributed by atoms with Crippen LogP contribution < -0.4 is 4.74 Å². The normalized spacial score (nSPS) is 21.2. The smallest absolute Gasteiger partial charge is 0.338 e. The molecule has 0 saturated carbocycles. The van der Waals surface area contributed by atoms with Crippen LogP contribution in [0.5, 0.6) is 5.75 Å². The maximum Gasteiger partial charge on any atom is 0.338 e. The molecule has 2 aromatic rings. The van der Waals surface area contributed by atoms with Gasteiger partial charge in [0.15, 0.2) is 0 Å². The lowest BCUT2D eigenvalue weighted by Crippen LogP contribution is -2.47. The second-order valence-corrected chi connectivity index (χ2v) is 6.15. The van der Waals surface area contributed by atoms with Crippen LogP contribution in [0.15, 0.2) is 54.6 Å². The predicted octanol–water partition coefficient (Wildman–Crippen LogP) is 1.54. The van der Waals surface area contributed by atoms with Crippen molar-refractivity contribution >= 4 is 5.97 Å². The van der Waals surface area contributed by atoms with E-state index in [1.807, 2.05) is 30.3 Å². The number of aliphatic hydroxyl groups is 3. The molecular formula is C21H26O7. The summed E-state index contributed by atoms with van der Waals surface area (Å²) in [5.41, 5.74) is 1.44. The van der Waals surface area contributed by atoms with Gasteiger partial charge in [-0.3, -0.25) is 0 Å². The Bertz CT molecular complexity index is 702. The van der Waals surface area contributed by atoms with Crippen molar-refractivity contribution < 1.29 is 34.3 Å². The van der Waals surface area contributed by atoms with Crippen LogP contribution in [0.25, 0.3) is 0 Å². The van der Waals surface area contributed by atoms with E-state index in [-0.39, 0.29) is 6.61 Å². The number of esters is 1. The van der Waals surface area contributed by atoms with Gasteiger partial charge in [0, 0.05) is 13.7 Å². The van der Waals surface area contributed by atoms with Crippen molar-refractivity contribution in [3.63, 3.8) is 0 Å². The fraction of sp³-hybridized carbons (Fsp3) is 0.381. The van der Waals surface area contributed by atoms with Crippen LogP contribution in [0.4, 0.5) is 0 Å². The van der Waals surface area contributed by atoms with Crippen molar-refractivity contribution in [2.75, 3.05) is 20.3 Å². The van der Waals surface area contributed by atoms with E-state index >= 15 is 0 Å². The molecule has 1 aliphatic heterocycles. The van der Waals surface area contributed by atoms with Gasteiger partial charge >= 0.3 is 5.97 Å². The molecule has 0 bridgehead atoms. The van der Waals surface area contributed by atoms with Gasteiger partial charge in [0.2, 0.25) is 0 Å². The molecule has 1 aliphatic rings. The van der Waals surface area contributed by atoms with Crippen molar-refractivity contribution in [2.45, 2.75) is 31.3 Å². The van der Waals surface area contributed by atoms with Gasteiger partial charge in [-0.1, -0.05) is 30.3 Å². The second kappa shape index (κ2) is 11.4. The van der Waals surface area contributed by atoms with Gasteiger partial charge in [-0.2, -0.15) is 0 Å². The van der Waals surface area contributed by atoms with E-state index < -0.39 is 24.3 Å². The molecular weight excluding hydrogens is 364 g/mol. The summed E-state index contributed by atoms with van der Waals surface area (Å²) < 4.78 is 16.2. The van der Waals surface area contributed by atoms with Crippen LogP contribution in [0.2, 0.25) is 0 Å². The first-order valence-electron chi connectivity index (χ1n) is 9.00. The average molecular weight is 390 g/mol. The molecule has 0 aliphatic carbocycles. The van der Waals surface area contributed by atoms with E-state index in [1.54, 1.807) is 24.3 Å². The van der Waals surface area contributed by atoms with E-state index in [0.29, 0.717) is 30.9 Å². The van der Waals surface area contributed by atoms with Gasteiger partial charge in [0.25, 0.3) is 0 Å². The molecule has 3 unspecified atom stereocenters. The van der Waals surface area contributed by atoms with E-state index in [0.717, 1.165) is 12.7 Å². The fourth-order valence-corrected chi connectivity index (χ4v) is 2.67. The molecule has 0 amide bonds. The molecule has 2 aromatic carbocycles. The summed E-state index contributed by atoms with van der Waals surface area (Å²) in [5.74, 6) is 0.134. The van der Waals surface area contributed by atoms with Crippen molar-refractivity contribution in [1.82, 2.24) is 0 Å². The fourth-order valence-electron chi connectivity index (χ4n) is 2.67. The molecule has 3 N–H and O–H groups in total. The number of carbonyl (C=O) groups is 1. The summed E-state index contributed by atoms with van der Waals surface area (Å²) in [5, 5.41) is 26.4. The highest BCUT2D eigenvalue weighted by molar-refractivity contribution is 5.89. The molecule has 7 nitrogen and oxygen atoms in total. The quantitative estimate of drug-likeness (QED) is 0.643. The van der Waals surface area contributed by atoms with Gasteiger partial charge in [0.1, 0.15) is 31.2 Å². The van der Waals surface area contributed by atoms with Gasteiger partial charge in [-0.05, 0) is 36.2 Å². The number of aliphatic hydroxyl groups excluding tert-OH is 3. The maximum absolute atomic E-state index is 12.1. The molecule has 152 valence electrons. The minimum Gasteiger partial charge on any atom is -0.489 e. The third-order valence-corrected chi connectivity index (χ3v) is 4.24. The first-order valence-corrected chi connectivity index (χ1v) is 9.00. The van der Waals surface area contributed by atoms with Gasteiger partial charge in [-0.15, -0.1) is 0 Å². The molecule has 7 heteroatoms. The third-order valence-electron chi connectivity index (χ3n) is 4.24. The van der Waals surface area contributed by atoms with E-state index in [2.05, 4.69) is 0 Å². The highest BCUT2D eigenvalue weighted by Crippen LogP contribution is 2.17. The maximum atomic E-state index is 12.1. The zero-order chi connectivity index (χ0) is 20.4. The lowest BCUT2D eigenvalue weighted by Gasteiger charge is -2.31. The number of carbonyl (C=O) groups excluding carboxylic acids is 1. The van der Waals surface area contributed by atoms with Crippen molar-refractivity contribution in [1.29, 1.82) is 0 Å². The summed E-state index contributed by atoms with van der Waals surface area (Å²) in [7, 11) is 1.00. The Morgan fingerprint density at radius 1 is 1.07 bits per heavy atom. The van der Waals surface area contributed by atoms with Gasteiger partial charge in [-0.25, -0.2) is 4.79 Å². The number of rotatable bonds is 6. The highest BCUT2D eigenvalue weighted by Gasteiger charge is 2.32. The Labute approximate surface area is 164 Å². The SMILES string of the molecule is CO.O=C(OCC1OCCC(O)C1O)c1ccc(OCc2ccccc2)cc1. The topological polar surface area (TPSA) is 105 Å². The van der Waals surface area contributed by atoms with Crippen LogP contribution in [0, 0.1) is 0 Å². The summed E-state index contributed by atoms with van der Waals surface area (Å²) >= 11 is 0. The Balaban J connectivity index is 0.00000136. The van der Waals surface area contributed by atoms with Crippen LogP contribution in [-0.2, 0) is 16.1 Å². The Morgan fingerprint density at radius 2 is 1.75 bits per heavy atom. The summed E-state index contributed by atoms with van der Waals surface area (Å²) in [6, 6.07) is 16.4. The Kier molecular flexibility index (Phi) is 8.90. The van der Waals surface area contributed by atoms with Crippen LogP contribution in [-0.4, -0.2) is 59.9 Å². The van der Waals surface area contributed by atoms with E-state index in [1.165, 1.54) is 0 Å². The van der Waals surface area contributed by atoms with Crippen LogP contribution in [0.1, 0.15) is 22.3 Å². The minimum absolute atomic E-state index is 0.108. The molecule has 1 heterocycles. The molecule has 1 saturated heterocycles. The number of hydrogen-bond donors (Lipinski definition) is 3. The largest absolute Gasteiger partial charge is 0.489 e. The highest BCUT2D eigenvalue weighted by atomic mass is 16.6. The standard InChI is InChI=1S/C20H22O6.CH4O/c21-17-10-11-24-18(19(17)22)13-26-20(23)15-6-8-16(9-7-15)25-12-14-4-2-1-3-5-14;1-2/h1-9,17-19,21-22H,10-13H2;2H,1H3. The first-order chi connectivity index (χ1) is 13.6. The lowest BCUT2D eigenvalue weighted by atomic mass is 10.0. The summed E-state index contributed by atoms with van der Waals surface area (Å²) in [6.45, 7) is 0.668. The second-order valence-electron chi connectivity index (χ2n) is 6.15. The number of benzene rings is 2. The molecule has 0 aromatic heterocycles. The van der Waals surface area contributed by atoms with Crippen LogP contribution >= 0.6 is 0 Å². The molecule has 28 heavy (non-hydrogen) atoms.